The minimum absolute atomic E-state index is 0.246. The Labute approximate surface area is 234 Å². The maximum absolute atomic E-state index is 9.26. The third-order valence-electron chi connectivity index (χ3n) is 7.22. The van der Waals surface area contributed by atoms with E-state index in [1.165, 1.54) is 0 Å². The van der Waals surface area contributed by atoms with Crippen molar-refractivity contribution in [2.75, 3.05) is 0 Å². The quantitative estimate of drug-likeness (QED) is 0.191. The third kappa shape index (κ3) is 4.30. The number of hydrogen-bond acceptors (Lipinski definition) is 0. The van der Waals surface area contributed by atoms with Crippen LogP contribution in [0, 0.1) is 13.1 Å². The van der Waals surface area contributed by atoms with Crippen LogP contribution in [-0.2, 0) is 7.05 Å². The van der Waals surface area contributed by atoms with E-state index in [0.717, 1.165) is 50.4 Å². The van der Waals surface area contributed by atoms with E-state index in [4.69, 9.17) is 4.11 Å². The van der Waals surface area contributed by atoms with Gasteiger partial charge in [0.2, 0.25) is 0 Å². The van der Waals surface area contributed by atoms with Crippen molar-refractivity contribution in [2.24, 2.45) is 7.05 Å². The van der Waals surface area contributed by atoms with Gasteiger partial charge in [0, 0.05) is 18.7 Å². The Morgan fingerprint density at radius 2 is 1.63 bits per heavy atom. The van der Waals surface area contributed by atoms with Crippen molar-refractivity contribution in [3.63, 3.8) is 0 Å². The lowest BCUT2D eigenvalue weighted by molar-refractivity contribution is 0.696. The number of fused-ring (bicyclic) bond motifs is 1. The highest BCUT2D eigenvalue weighted by atomic mass is 15.2. The first-order valence-corrected chi connectivity index (χ1v) is 13.1. The Balaban J connectivity index is 1.95. The molecule has 38 heavy (non-hydrogen) atoms. The monoisotopic (exact) mass is 506 g/mol. The Kier molecular flexibility index (Phi) is 5.37. The number of allylic oxidation sites excluding steroid dienone is 3. The van der Waals surface area contributed by atoms with Gasteiger partial charge in [-0.2, -0.15) is 0 Å². The predicted molar refractivity (Wildman–Crippen MR) is 161 cm³/mol. The average Bonchev–Trinajstić information content (AvgIpc) is 3.48. The Morgan fingerprint density at radius 3 is 2.24 bits per heavy atom. The number of para-hydroxylation sites is 1. The zero-order valence-electron chi connectivity index (χ0n) is 28.3. The van der Waals surface area contributed by atoms with E-state index in [-0.39, 0.29) is 5.57 Å². The topological polar surface area (TPSA) is 12.9 Å². The van der Waals surface area contributed by atoms with E-state index in [1.807, 2.05) is 116 Å². The molecule has 0 saturated heterocycles. The number of hydrogen-bond donors (Lipinski definition) is 0. The molecule has 4 aromatic rings. The summed E-state index contributed by atoms with van der Waals surface area (Å²) in [6.45, 7) is 8.95. The SMILES string of the molecule is [2H]C([2H])([2H])C(=CC)C1=[C-][N+](=c2n(C)ccn2-c2c(C([2H])(C)C)cc(-c3ccccc3)cc2C([2H])(C)C)c2c(C)cccc21. The van der Waals surface area contributed by atoms with Crippen LogP contribution in [0.1, 0.15) is 82.4 Å². The molecule has 0 unspecified atom stereocenters. The van der Waals surface area contributed by atoms with Crippen LogP contribution in [0.5, 0.6) is 0 Å². The molecule has 194 valence electrons. The third-order valence-corrected chi connectivity index (χ3v) is 7.22. The van der Waals surface area contributed by atoms with E-state index in [1.54, 1.807) is 13.0 Å². The molecule has 0 bridgehead atoms. The van der Waals surface area contributed by atoms with Crippen LogP contribution in [0.2, 0.25) is 0 Å². The molecule has 0 saturated carbocycles. The summed E-state index contributed by atoms with van der Waals surface area (Å²) in [5.74, 6) is -1.99. The number of nitrogens with zero attached hydrogens (tertiary/aromatic N) is 3. The van der Waals surface area contributed by atoms with Gasteiger partial charge in [0.25, 0.3) is 0 Å². The van der Waals surface area contributed by atoms with Gasteiger partial charge in [0.1, 0.15) is 5.69 Å². The molecule has 3 nitrogen and oxygen atoms in total. The molecule has 0 fully saturated rings. The van der Waals surface area contributed by atoms with Crippen molar-refractivity contribution >= 4 is 11.3 Å². The van der Waals surface area contributed by atoms with Crippen molar-refractivity contribution in [3.8, 4) is 16.8 Å². The Bertz CT molecular complexity index is 1800. The summed E-state index contributed by atoms with van der Waals surface area (Å²) in [5.41, 5.74) is 8.46. The minimum Gasteiger partial charge on any atom is -0.303 e. The summed E-state index contributed by atoms with van der Waals surface area (Å²) in [7, 11) is 1.94. The van der Waals surface area contributed by atoms with Crippen LogP contribution >= 0.6 is 0 Å². The smallest absolute Gasteiger partial charge is 0.303 e. The molecular weight excluding hydrogens is 462 g/mol. The summed E-state index contributed by atoms with van der Waals surface area (Å²) in [4.78, 5) is 0. The molecule has 3 aromatic carbocycles. The highest BCUT2D eigenvalue weighted by Gasteiger charge is 2.24. The fourth-order valence-electron chi connectivity index (χ4n) is 5.25. The van der Waals surface area contributed by atoms with Crippen LogP contribution in [-0.4, -0.2) is 9.13 Å². The summed E-state index contributed by atoms with van der Waals surface area (Å²) in [5, 5.41) is 0. The molecule has 0 radical (unpaired) electrons. The summed E-state index contributed by atoms with van der Waals surface area (Å²) < 4.78 is 49.1. The van der Waals surface area contributed by atoms with Crippen molar-refractivity contribution in [3.05, 3.63) is 119 Å². The molecule has 5 rings (SSSR count). The maximum Gasteiger partial charge on any atom is 0.309 e. The fourth-order valence-corrected chi connectivity index (χ4v) is 5.25. The number of aromatic nitrogens is 2. The molecule has 2 heterocycles. The lowest BCUT2D eigenvalue weighted by Gasteiger charge is -2.21. The van der Waals surface area contributed by atoms with E-state index in [9.17, 15) is 2.74 Å². The lowest BCUT2D eigenvalue weighted by atomic mass is 9.88. The van der Waals surface area contributed by atoms with Crippen LogP contribution in [0.4, 0.5) is 5.69 Å². The van der Waals surface area contributed by atoms with E-state index in [2.05, 4.69) is 18.3 Å². The largest absolute Gasteiger partial charge is 0.309 e. The molecule has 0 N–H and O–H groups in total. The van der Waals surface area contributed by atoms with Gasteiger partial charge in [-0.1, -0.05) is 107 Å². The first-order valence-electron chi connectivity index (χ1n) is 15.6. The zero-order valence-corrected chi connectivity index (χ0v) is 23.3. The second-order valence-corrected chi connectivity index (χ2v) is 10.4. The summed E-state index contributed by atoms with van der Waals surface area (Å²) in [6.07, 6.45) is 8.99. The van der Waals surface area contributed by atoms with Gasteiger partial charge in [-0.3, -0.25) is 4.57 Å². The normalized spacial score (nSPS) is 17.7. The van der Waals surface area contributed by atoms with Gasteiger partial charge in [-0.15, -0.1) is 11.6 Å². The van der Waals surface area contributed by atoms with Gasteiger partial charge in [-0.05, 0) is 53.1 Å². The van der Waals surface area contributed by atoms with Crippen LogP contribution in [0.25, 0.3) is 22.4 Å². The van der Waals surface area contributed by atoms with Gasteiger partial charge in [0.05, 0.1) is 19.4 Å². The molecular formula is C35H39N3. The van der Waals surface area contributed by atoms with Crippen molar-refractivity contribution in [2.45, 2.75) is 60.2 Å². The Morgan fingerprint density at radius 1 is 0.947 bits per heavy atom. The van der Waals surface area contributed by atoms with Gasteiger partial charge >= 0.3 is 5.62 Å². The first-order chi connectivity index (χ1) is 20.0. The predicted octanol–water partition coefficient (Wildman–Crippen LogP) is 8.27. The second-order valence-electron chi connectivity index (χ2n) is 10.4. The molecule has 3 heteroatoms. The van der Waals surface area contributed by atoms with E-state index in [0.29, 0.717) is 5.57 Å². The van der Waals surface area contributed by atoms with Crippen molar-refractivity contribution in [1.29, 1.82) is 0 Å². The van der Waals surface area contributed by atoms with Crippen LogP contribution < -0.4 is 10.2 Å². The van der Waals surface area contributed by atoms with Crippen LogP contribution in [0.3, 0.4) is 0 Å². The van der Waals surface area contributed by atoms with Crippen molar-refractivity contribution in [1.82, 2.24) is 13.7 Å². The van der Waals surface area contributed by atoms with Gasteiger partial charge in [0.15, 0.2) is 0 Å². The van der Waals surface area contributed by atoms with Crippen molar-refractivity contribution < 1.29 is 6.85 Å². The number of benzene rings is 3. The fraction of sp³-hybridized carbons (Fsp3) is 0.286. The summed E-state index contributed by atoms with van der Waals surface area (Å²) in [6, 6.07) is 20.1. The highest BCUT2D eigenvalue weighted by molar-refractivity contribution is 5.88. The zero-order chi connectivity index (χ0) is 31.5. The minimum atomic E-state index is -2.31. The molecule has 0 amide bonds. The standard InChI is InChI=1S/C35H39N3/c1-9-25(6)32-22-38(33-26(7)14-13-17-29(32)33)35-36(8)18-19-37(35)34-30(23(2)3)20-28(21-31(34)24(4)5)27-15-11-10-12-16-27/h9-21,23-24H,1-8H3/i6D3,23D,24D. The maximum atomic E-state index is 9.26. The molecule has 0 spiro atoms. The highest BCUT2D eigenvalue weighted by Crippen LogP contribution is 2.38. The molecule has 0 atom stereocenters. The average molecular weight is 507 g/mol. The molecule has 1 aliphatic heterocycles. The summed E-state index contributed by atoms with van der Waals surface area (Å²) >= 11 is 0. The van der Waals surface area contributed by atoms with E-state index < -0.39 is 18.6 Å². The van der Waals surface area contributed by atoms with Crippen LogP contribution in [0.15, 0.2) is 84.7 Å². The molecule has 1 aromatic heterocycles. The first kappa shape index (κ1) is 20.2. The second kappa shape index (κ2) is 10.1. The molecule has 0 aliphatic carbocycles. The number of rotatable bonds is 5. The Hall–Kier alpha value is -3.85. The number of aryl methyl sites for hydroxylation is 2. The van der Waals surface area contributed by atoms with Gasteiger partial charge in [-0.25, -0.2) is 4.57 Å². The lowest BCUT2D eigenvalue weighted by Crippen LogP contribution is -2.35. The number of imidazole rings is 1. The van der Waals surface area contributed by atoms with Gasteiger partial charge < -0.3 is 4.58 Å². The molecule has 1 aliphatic rings. The van der Waals surface area contributed by atoms with E-state index >= 15 is 0 Å².